The lowest BCUT2D eigenvalue weighted by Gasteiger charge is -2.33. The van der Waals surface area contributed by atoms with E-state index in [1.807, 2.05) is 12.4 Å². The highest BCUT2D eigenvalue weighted by Crippen LogP contribution is 2.39. The molecule has 1 saturated heterocycles. The molecular formula is C24H31N2Si+. The first-order valence-corrected chi connectivity index (χ1v) is 13.5. The van der Waals surface area contributed by atoms with Crippen LogP contribution in [0.5, 0.6) is 0 Å². The molecule has 0 radical (unpaired) electrons. The highest BCUT2D eigenvalue weighted by molar-refractivity contribution is 6.77. The summed E-state index contributed by atoms with van der Waals surface area (Å²) < 4.78 is 10.9. The average Bonchev–Trinajstić information content (AvgIpc) is 2.67. The van der Waals surface area contributed by atoms with Crippen molar-refractivity contribution in [1.82, 2.24) is 4.98 Å². The van der Waals surface area contributed by atoms with Gasteiger partial charge in [-0.1, -0.05) is 37.3 Å². The quantitative estimate of drug-likeness (QED) is 0.400. The summed E-state index contributed by atoms with van der Waals surface area (Å²) in [6.07, 6.45) is 6.42. The van der Waals surface area contributed by atoms with E-state index in [0.717, 1.165) is 27.7 Å². The van der Waals surface area contributed by atoms with Gasteiger partial charge in [0.1, 0.15) is 7.05 Å². The Morgan fingerprint density at radius 2 is 1.89 bits per heavy atom. The van der Waals surface area contributed by atoms with Crippen molar-refractivity contribution in [3.8, 4) is 11.3 Å². The molecule has 1 aliphatic rings. The molecule has 4 rings (SSSR count). The molecule has 0 spiro atoms. The van der Waals surface area contributed by atoms with Crippen LogP contribution >= 0.6 is 0 Å². The topological polar surface area (TPSA) is 16.8 Å². The van der Waals surface area contributed by atoms with Gasteiger partial charge in [-0.3, -0.25) is 4.98 Å². The highest BCUT2D eigenvalue weighted by atomic mass is 28.3. The summed E-state index contributed by atoms with van der Waals surface area (Å²) in [6.45, 7) is 9.24. The van der Waals surface area contributed by atoms with Crippen molar-refractivity contribution in [2.75, 3.05) is 0 Å². The van der Waals surface area contributed by atoms with Gasteiger partial charge in [-0.25, -0.2) is 0 Å². The van der Waals surface area contributed by atoms with Crippen molar-refractivity contribution in [3.05, 3.63) is 59.5 Å². The minimum Gasteiger partial charge on any atom is -0.264 e. The standard InChI is InChI=1S/C24H31N2Si/c1-17-8-11-25-16-23(17)24-22-7-6-20(15-21(22)14-18(2)26(24)3)19-9-12-27(4,5)13-10-19/h6-8,11,14-16,19H,9-10,12-13H2,1-5H3/q+1/i14D. The first-order chi connectivity index (χ1) is 13.3. The van der Waals surface area contributed by atoms with Crippen LogP contribution in [0.1, 0.15) is 37.0 Å². The molecule has 3 heteroatoms. The van der Waals surface area contributed by atoms with Crippen LogP contribution in [0.3, 0.4) is 0 Å². The van der Waals surface area contributed by atoms with E-state index < -0.39 is 8.07 Å². The number of rotatable bonds is 2. The monoisotopic (exact) mass is 376 g/mol. The summed E-state index contributed by atoms with van der Waals surface area (Å²) in [6, 6.07) is 12.4. The zero-order valence-corrected chi connectivity index (χ0v) is 18.3. The third-order valence-electron chi connectivity index (χ3n) is 6.56. The lowest BCUT2D eigenvalue weighted by Crippen LogP contribution is -2.35. The summed E-state index contributed by atoms with van der Waals surface area (Å²) in [7, 11) is 1.11. The Morgan fingerprint density at radius 3 is 2.59 bits per heavy atom. The smallest absolute Gasteiger partial charge is 0.222 e. The number of fused-ring (bicyclic) bond motifs is 1. The van der Waals surface area contributed by atoms with Gasteiger partial charge in [-0.15, -0.1) is 0 Å². The predicted octanol–water partition coefficient (Wildman–Crippen LogP) is 5.93. The summed E-state index contributed by atoms with van der Waals surface area (Å²) in [5.41, 5.74) is 5.95. The van der Waals surface area contributed by atoms with E-state index in [2.05, 4.69) is 67.8 Å². The fourth-order valence-corrected chi connectivity index (χ4v) is 7.03. The van der Waals surface area contributed by atoms with Crippen molar-refractivity contribution in [2.45, 2.75) is 57.8 Å². The van der Waals surface area contributed by atoms with Crippen LogP contribution in [0, 0.1) is 13.8 Å². The van der Waals surface area contributed by atoms with Gasteiger partial charge >= 0.3 is 0 Å². The van der Waals surface area contributed by atoms with Gasteiger partial charge in [0.2, 0.25) is 5.69 Å². The molecule has 3 heterocycles. The van der Waals surface area contributed by atoms with Crippen molar-refractivity contribution < 1.29 is 5.94 Å². The number of aryl methyl sites for hydroxylation is 1. The van der Waals surface area contributed by atoms with E-state index in [9.17, 15) is 0 Å². The lowest BCUT2D eigenvalue weighted by atomic mass is 9.90. The second kappa shape index (κ2) is 6.86. The maximum atomic E-state index is 8.79. The number of hydrogen-bond donors (Lipinski definition) is 0. The zero-order valence-electron chi connectivity index (χ0n) is 18.3. The van der Waals surface area contributed by atoms with Crippen LogP contribution in [0.25, 0.3) is 22.0 Å². The molecule has 1 fully saturated rings. The fourth-order valence-electron chi connectivity index (χ4n) is 4.52. The number of aromatic nitrogens is 2. The van der Waals surface area contributed by atoms with Crippen LogP contribution in [-0.2, 0) is 7.05 Å². The Bertz CT molecular complexity index is 1050. The second-order valence-corrected chi connectivity index (χ2v) is 14.4. The van der Waals surface area contributed by atoms with E-state index in [1.165, 1.54) is 36.1 Å². The number of hydrogen-bond acceptors (Lipinski definition) is 1. The van der Waals surface area contributed by atoms with E-state index in [0.29, 0.717) is 12.0 Å². The molecule has 1 aromatic carbocycles. The molecular weight excluding hydrogens is 344 g/mol. The summed E-state index contributed by atoms with van der Waals surface area (Å²) >= 11 is 0. The fraction of sp³-hybridized carbons (Fsp3) is 0.417. The molecule has 0 aliphatic carbocycles. The Morgan fingerprint density at radius 1 is 1.15 bits per heavy atom. The van der Waals surface area contributed by atoms with Crippen molar-refractivity contribution in [1.29, 1.82) is 0 Å². The lowest BCUT2D eigenvalue weighted by molar-refractivity contribution is -0.665. The molecule has 0 saturated carbocycles. The van der Waals surface area contributed by atoms with Crippen LogP contribution in [0.15, 0.2) is 42.7 Å². The summed E-state index contributed by atoms with van der Waals surface area (Å²) in [5.74, 6) is 0.655. The third kappa shape index (κ3) is 3.45. The van der Waals surface area contributed by atoms with E-state index in [4.69, 9.17) is 1.37 Å². The second-order valence-electron chi connectivity index (χ2n) is 9.05. The van der Waals surface area contributed by atoms with Gasteiger partial charge in [0.25, 0.3) is 0 Å². The van der Waals surface area contributed by atoms with Crippen molar-refractivity contribution in [2.24, 2.45) is 7.05 Å². The van der Waals surface area contributed by atoms with Gasteiger partial charge in [0.05, 0.1) is 12.3 Å². The molecule has 0 N–H and O–H groups in total. The van der Waals surface area contributed by atoms with Gasteiger partial charge in [0, 0.05) is 33.4 Å². The third-order valence-corrected chi connectivity index (χ3v) is 9.84. The first kappa shape index (κ1) is 17.1. The van der Waals surface area contributed by atoms with E-state index in [-0.39, 0.29) is 0 Å². The van der Waals surface area contributed by atoms with Crippen LogP contribution < -0.4 is 4.57 Å². The normalized spacial score (nSPS) is 17.9. The van der Waals surface area contributed by atoms with Crippen molar-refractivity contribution >= 4 is 18.8 Å². The van der Waals surface area contributed by atoms with Crippen LogP contribution in [0.2, 0.25) is 25.2 Å². The molecule has 0 amide bonds. The number of pyridine rings is 2. The molecule has 0 atom stereocenters. The average molecular weight is 377 g/mol. The maximum absolute atomic E-state index is 8.79. The highest BCUT2D eigenvalue weighted by Gasteiger charge is 2.29. The molecule has 3 aromatic rings. The first-order valence-electron chi connectivity index (χ1n) is 10.6. The predicted molar refractivity (Wildman–Crippen MR) is 117 cm³/mol. The van der Waals surface area contributed by atoms with Gasteiger partial charge in [0.15, 0.2) is 5.69 Å². The van der Waals surface area contributed by atoms with Crippen LogP contribution in [0.4, 0.5) is 0 Å². The van der Waals surface area contributed by atoms with E-state index >= 15 is 0 Å². The molecule has 0 bridgehead atoms. The maximum Gasteiger partial charge on any atom is 0.222 e. The van der Waals surface area contributed by atoms with E-state index in [1.54, 1.807) is 0 Å². The molecule has 27 heavy (non-hydrogen) atoms. The summed E-state index contributed by atoms with van der Waals surface area (Å²) in [5, 5.41) is 2.23. The van der Waals surface area contributed by atoms with Gasteiger partial charge in [-0.2, -0.15) is 4.57 Å². The van der Waals surface area contributed by atoms with Crippen molar-refractivity contribution in [3.63, 3.8) is 0 Å². The molecule has 1 aliphatic heterocycles. The molecule has 0 unspecified atom stereocenters. The molecule has 140 valence electrons. The zero-order chi connectivity index (χ0) is 20.1. The minimum absolute atomic E-state index is 0.648. The molecule has 2 aromatic heterocycles. The Balaban J connectivity index is 1.88. The summed E-state index contributed by atoms with van der Waals surface area (Å²) in [4.78, 5) is 4.37. The Labute approximate surface area is 165 Å². The van der Waals surface area contributed by atoms with Crippen LogP contribution in [-0.4, -0.2) is 13.1 Å². The van der Waals surface area contributed by atoms with Gasteiger partial charge in [-0.05, 0) is 54.3 Å². The largest absolute Gasteiger partial charge is 0.264 e. The number of nitrogens with zero attached hydrogens (tertiary/aromatic N) is 2. The Kier molecular flexibility index (Phi) is 4.35. The molecule has 2 nitrogen and oxygen atoms in total. The van der Waals surface area contributed by atoms with Gasteiger partial charge < -0.3 is 0 Å². The number of benzene rings is 1. The Hall–Kier alpha value is -2.00. The SMILES string of the molecule is [2H]c1c(C)[n+](C)c(-c2cnccc2C)c2ccc(C3CC[Si](C)(C)CC3)cc12. The minimum atomic E-state index is -0.953.